The quantitative estimate of drug-likeness (QED) is 0.691. The molecule has 0 spiro atoms. The number of carbonyl (C=O) groups is 1. The minimum absolute atomic E-state index is 0.0160. The molecule has 1 aliphatic heterocycles. The number of hydrogen-bond donors (Lipinski definition) is 0. The summed E-state index contributed by atoms with van der Waals surface area (Å²) in [6.07, 6.45) is 3.23. The van der Waals surface area contributed by atoms with Crippen LogP contribution in [0.3, 0.4) is 0 Å². The van der Waals surface area contributed by atoms with Crippen molar-refractivity contribution in [3.8, 4) is 11.6 Å². The summed E-state index contributed by atoms with van der Waals surface area (Å²) < 4.78 is 11.0. The lowest BCUT2D eigenvalue weighted by Gasteiger charge is -2.36. The Labute approximate surface area is 138 Å². The molecule has 0 aliphatic carbocycles. The van der Waals surface area contributed by atoms with Gasteiger partial charge in [0.05, 0.1) is 5.92 Å². The molecule has 0 radical (unpaired) electrons. The smallest absolute Gasteiger partial charge is 0.289 e. The van der Waals surface area contributed by atoms with E-state index in [0.717, 1.165) is 0 Å². The fraction of sp³-hybridized carbons (Fsp3) is 0.214. The molecule has 0 N–H and O–H groups in total. The summed E-state index contributed by atoms with van der Waals surface area (Å²) >= 11 is 3.18. The molecule has 116 valence electrons. The van der Waals surface area contributed by atoms with Crippen LogP contribution >= 0.6 is 15.9 Å². The van der Waals surface area contributed by atoms with Crippen molar-refractivity contribution in [1.82, 2.24) is 25.0 Å². The number of rotatable bonds is 3. The zero-order chi connectivity index (χ0) is 15.8. The maximum absolute atomic E-state index is 12.2. The lowest BCUT2D eigenvalue weighted by Crippen LogP contribution is -2.48. The van der Waals surface area contributed by atoms with Gasteiger partial charge in [-0.2, -0.15) is 4.98 Å². The van der Waals surface area contributed by atoms with E-state index >= 15 is 0 Å². The maximum atomic E-state index is 12.2. The number of furan rings is 1. The van der Waals surface area contributed by atoms with Gasteiger partial charge in [0.1, 0.15) is 0 Å². The first-order valence-corrected chi connectivity index (χ1v) is 7.65. The van der Waals surface area contributed by atoms with Crippen molar-refractivity contribution in [2.45, 2.75) is 5.92 Å². The fourth-order valence-corrected chi connectivity index (χ4v) is 2.60. The highest BCUT2D eigenvalue weighted by Gasteiger charge is 2.37. The molecule has 1 aliphatic rings. The van der Waals surface area contributed by atoms with Gasteiger partial charge < -0.3 is 13.8 Å². The highest BCUT2D eigenvalue weighted by atomic mass is 79.9. The highest BCUT2D eigenvalue weighted by molar-refractivity contribution is 9.10. The van der Waals surface area contributed by atoms with E-state index in [9.17, 15) is 4.79 Å². The van der Waals surface area contributed by atoms with Gasteiger partial charge >= 0.3 is 0 Å². The van der Waals surface area contributed by atoms with Gasteiger partial charge in [-0.15, -0.1) is 0 Å². The molecule has 0 aromatic carbocycles. The normalized spacial score (nSPS) is 14.7. The Kier molecular flexibility index (Phi) is 3.41. The number of carbonyl (C=O) groups excluding carboxylic acids is 1. The molecule has 0 saturated carbocycles. The topological polar surface area (TPSA) is 98.2 Å². The third-order valence-electron chi connectivity index (χ3n) is 3.51. The van der Waals surface area contributed by atoms with Crippen LogP contribution in [0.5, 0.6) is 0 Å². The second-order valence-electron chi connectivity index (χ2n) is 5.04. The second-order valence-corrected chi connectivity index (χ2v) is 5.82. The fourth-order valence-electron chi connectivity index (χ4n) is 2.29. The number of amides is 1. The minimum atomic E-state index is -0.155. The van der Waals surface area contributed by atoms with Crippen LogP contribution in [0.25, 0.3) is 11.6 Å². The van der Waals surface area contributed by atoms with Crippen LogP contribution in [-0.4, -0.2) is 44.0 Å². The van der Waals surface area contributed by atoms with Gasteiger partial charge in [0.15, 0.2) is 10.4 Å². The van der Waals surface area contributed by atoms with Crippen LogP contribution < -0.4 is 0 Å². The van der Waals surface area contributed by atoms with Crippen LogP contribution in [0, 0.1) is 0 Å². The van der Waals surface area contributed by atoms with Gasteiger partial charge in [0.25, 0.3) is 5.91 Å². The largest absolute Gasteiger partial charge is 0.444 e. The van der Waals surface area contributed by atoms with Crippen molar-refractivity contribution in [1.29, 1.82) is 0 Å². The summed E-state index contributed by atoms with van der Waals surface area (Å²) in [5.41, 5.74) is 0. The van der Waals surface area contributed by atoms with Crippen molar-refractivity contribution in [3.05, 3.63) is 46.9 Å². The van der Waals surface area contributed by atoms with Crippen LogP contribution in [0.15, 0.2) is 44.2 Å². The zero-order valence-corrected chi connectivity index (χ0v) is 13.3. The van der Waals surface area contributed by atoms with E-state index in [1.54, 1.807) is 35.5 Å². The van der Waals surface area contributed by atoms with Crippen molar-refractivity contribution in [2.24, 2.45) is 0 Å². The minimum Gasteiger partial charge on any atom is -0.444 e. The van der Waals surface area contributed by atoms with E-state index < -0.39 is 0 Å². The molecule has 3 aromatic rings. The Bertz CT molecular complexity index is 841. The van der Waals surface area contributed by atoms with Gasteiger partial charge in [-0.1, -0.05) is 5.16 Å². The number of likely N-dealkylation sites (tertiary alicyclic amines) is 1. The molecule has 4 heterocycles. The SMILES string of the molecule is O=C(c1ccc(Br)o1)N1CC(c2nc(-c3ncccn3)no2)C1. The Morgan fingerprint density at radius 1 is 1.22 bits per heavy atom. The first-order chi connectivity index (χ1) is 11.2. The number of nitrogens with zero attached hydrogens (tertiary/aromatic N) is 5. The van der Waals surface area contributed by atoms with Crippen molar-refractivity contribution < 1.29 is 13.7 Å². The first-order valence-electron chi connectivity index (χ1n) is 6.86. The van der Waals surface area contributed by atoms with Crippen LogP contribution in [0.1, 0.15) is 22.4 Å². The summed E-state index contributed by atoms with van der Waals surface area (Å²) in [4.78, 5) is 26.3. The van der Waals surface area contributed by atoms with Gasteiger partial charge in [0.2, 0.25) is 17.5 Å². The Hall–Kier alpha value is -2.55. The summed E-state index contributed by atoms with van der Waals surface area (Å²) in [6, 6.07) is 5.04. The van der Waals surface area contributed by atoms with Crippen molar-refractivity contribution in [3.63, 3.8) is 0 Å². The van der Waals surface area contributed by atoms with E-state index in [-0.39, 0.29) is 11.8 Å². The Morgan fingerprint density at radius 2 is 2.00 bits per heavy atom. The lowest BCUT2D eigenvalue weighted by atomic mass is 10.00. The molecule has 9 heteroatoms. The van der Waals surface area contributed by atoms with Gasteiger partial charge in [-0.25, -0.2) is 9.97 Å². The van der Waals surface area contributed by atoms with E-state index in [2.05, 4.69) is 36.0 Å². The van der Waals surface area contributed by atoms with Gasteiger partial charge in [0, 0.05) is 25.5 Å². The number of aromatic nitrogens is 4. The maximum Gasteiger partial charge on any atom is 0.289 e. The third kappa shape index (κ3) is 2.63. The second kappa shape index (κ2) is 5.58. The predicted molar refractivity (Wildman–Crippen MR) is 80.4 cm³/mol. The number of hydrogen-bond acceptors (Lipinski definition) is 7. The number of halogens is 1. The molecular formula is C14H10BrN5O3. The van der Waals surface area contributed by atoms with E-state index in [0.29, 0.717) is 41.1 Å². The molecule has 0 atom stereocenters. The van der Waals surface area contributed by atoms with Crippen LogP contribution in [-0.2, 0) is 0 Å². The van der Waals surface area contributed by atoms with Gasteiger partial charge in [-0.3, -0.25) is 4.79 Å². The van der Waals surface area contributed by atoms with Crippen LogP contribution in [0.4, 0.5) is 0 Å². The van der Waals surface area contributed by atoms with E-state index in [1.165, 1.54) is 0 Å². The lowest BCUT2D eigenvalue weighted by molar-refractivity contribution is 0.0535. The molecular weight excluding hydrogens is 366 g/mol. The van der Waals surface area contributed by atoms with Crippen LogP contribution in [0.2, 0.25) is 0 Å². The Morgan fingerprint density at radius 3 is 2.70 bits per heavy atom. The molecule has 8 nitrogen and oxygen atoms in total. The summed E-state index contributed by atoms with van der Waals surface area (Å²) in [5, 5.41) is 3.88. The molecule has 0 bridgehead atoms. The monoisotopic (exact) mass is 375 g/mol. The summed E-state index contributed by atoms with van der Waals surface area (Å²) in [5.74, 6) is 1.41. The molecule has 0 unspecified atom stereocenters. The molecule has 1 fully saturated rings. The Balaban J connectivity index is 1.42. The standard InChI is InChI=1S/C14H10BrN5O3/c15-10-3-2-9(22-10)14(21)20-6-8(7-20)13-18-12(19-23-13)11-16-4-1-5-17-11/h1-5,8H,6-7H2. The molecule has 1 amide bonds. The van der Waals surface area contributed by atoms with E-state index in [1.807, 2.05) is 0 Å². The highest BCUT2D eigenvalue weighted by Crippen LogP contribution is 2.28. The molecule has 23 heavy (non-hydrogen) atoms. The van der Waals surface area contributed by atoms with Gasteiger partial charge in [-0.05, 0) is 34.1 Å². The average molecular weight is 376 g/mol. The third-order valence-corrected chi connectivity index (χ3v) is 3.94. The summed E-state index contributed by atoms with van der Waals surface area (Å²) in [6.45, 7) is 1.02. The summed E-state index contributed by atoms with van der Waals surface area (Å²) in [7, 11) is 0. The molecule has 1 saturated heterocycles. The average Bonchev–Trinajstić information content (AvgIpc) is 3.16. The van der Waals surface area contributed by atoms with Crippen molar-refractivity contribution in [2.75, 3.05) is 13.1 Å². The van der Waals surface area contributed by atoms with E-state index in [4.69, 9.17) is 8.94 Å². The van der Waals surface area contributed by atoms with Crippen molar-refractivity contribution >= 4 is 21.8 Å². The zero-order valence-electron chi connectivity index (χ0n) is 11.7. The first kappa shape index (κ1) is 14.1. The molecule has 4 rings (SSSR count). The molecule has 3 aromatic heterocycles. The predicted octanol–water partition coefficient (Wildman–Crippen LogP) is 2.12.